The van der Waals surface area contributed by atoms with Gasteiger partial charge in [0.25, 0.3) is 5.89 Å². The Hall–Kier alpha value is -3.74. The highest BCUT2D eigenvalue weighted by atomic mass is 16.5. The molecule has 2 aromatic carbocycles. The van der Waals surface area contributed by atoms with Crippen LogP contribution in [-0.2, 0) is 0 Å². The van der Waals surface area contributed by atoms with Gasteiger partial charge >= 0.3 is 0 Å². The molecule has 1 atom stereocenters. The molecule has 4 aromatic rings. The van der Waals surface area contributed by atoms with Gasteiger partial charge in [0, 0.05) is 36.9 Å². The average Bonchev–Trinajstić information content (AvgIpc) is 3.30. The molecule has 7 nitrogen and oxygen atoms in total. The summed E-state index contributed by atoms with van der Waals surface area (Å²) >= 11 is 0. The second kappa shape index (κ2) is 8.18. The fraction of sp³-hybridized carbons (Fsp3) is 0.250. The van der Waals surface area contributed by atoms with E-state index in [0.717, 1.165) is 31.0 Å². The van der Waals surface area contributed by atoms with Crippen molar-refractivity contribution in [1.29, 1.82) is 0 Å². The van der Waals surface area contributed by atoms with Crippen LogP contribution >= 0.6 is 0 Å². The van der Waals surface area contributed by atoms with E-state index >= 15 is 0 Å². The maximum absolute atomic E-state index is 5.40. The molecule has 31 heavy (non-hydrogen) atoms. The Labute approximate surface area is 181 Å². The topological polar surface area (TPSA) is 71.2 Å². The summed E-state index contributed by atoms with van der Waals surface area (Å²) in [6.07, 6.45) is 0. The fourth-order valence-electron chi connectivity index (χ4n) is 4.00. The number of nitrogens with zero attached hydrogens (tertiary/aromatic N) is 6. The summed E-state index contributed by atoms with van der Waals surface area (Å²) < 4.78 is 5.40. The second-order valence-corrected chi connectivity index (χ2v) is 7.89. The molecule has 2 aromatic heterocycles. The number of anilines is 2. The lowest BCUT2D eigenvalue weighted by molar-refractivity contribution is 0.430. The van der Waals surface area contributed by atoms with Gasteiger partial charge in [-0.1, -0.05) is 47.6 Å². The second-order valence-electron chi connectivity index (χ2n) is 7.89. The van der Waals surface area contributed by atoms with Gasteiger partial charge in [-0.25, -0.2) is 0 Å². The van der Waals surface area contributed by atoms with Crippen molar-refractivity contribution in [3.8, 4) is 23.0 Å². The number of aryl methyl sites for hydroxylation is 1. The van der Waals surface area contributed by atoms with E-state index in [2.05, 4.69) is 68.3 Å². The Bertz CT molecular complexity index is 1160. The first-order valence-corrected chi connectivity index (χ1v) is 10.5. The molecule has 0 unspecified atom stereocenters. The molecule has 3 heterocycles. The fourth-order valence-corrected chi connectivity index (χ4v) is 4.00. The van der Waals surface area contributed by atoms with Crippen LogP contribution in [0.1, 0.15) is 12.5 Å². The molecule has 1 aliphatic rings. The van der Waals surface area contributed by atoms with Crippen LogP contribution in [-0.4, -0.2) is 46.0 Å². The van der Waals surface area contributed by atoms with Crippen molar-refractivity contribution in [1.82, 2.24) is 20.3 Å². The maximum Gasteiger partial charge on any atom is 0.278 e. The zero-order valence-electron chi connectivity index (χ0n) is 17.6. The predicted molar refractivity (Wildman–Crippen MR) is 121 cm³/mol. The lowest BCUT2D eigenvalue weighted by Gasteiger charge is -2.41. The van der Waals surface area contributed by atoms with Crippen molar-refractivity contribution >= 4 is 11.5 Å². The summed E-state index contributed by atoms with van der Waals surface area (Å²) in [4.78, 5) is 9.18. The first kappa shape index (κ1) is 19.2. The Balaban J connectivity index is 1.28. The Kier molecular flexibility index (Phi) is 5.08. The molecule has 7 heteroatoms. The minimum absolute atomic E-state index is 0.371. The molecule has 156 valence electrons. The van der Waals surface area contributed by atoms with Crippen LogP contribution in [0.3, 0.4) is 0 Å². The van der Waals surface area contributed by atoms with Gasteiger partial charge in [-0.15, -0.1) is 10.2 Å². The van der Waals surface area contributed by atoms with Gasteiger partial charge in [-0.3, -0.25) is 0 Å². The number of piperazine rings is 1. The van der Waals surface area contributed by atoms with E-state index in [0.29, 0.717) is 23.5 Å². The highest BCUT2D eigenvalue weighted by Crippen LogP contribution is 2.25. The Morgan fingerprint density at radius 2 is 1.81 bits per heavy atom. The molecule has 0 aliphatic carbocycles. The van der Waals surface area contributed by atoms with Crippen LogP contribution in [0.25, 0.3) is 23.0 Å². The standard InChI is InChI=1S/C24H24N6O/c1-17-7-6-10-20(15-17)30-14-13-29(16-18(30)2)22-12-11-21(26-27-22)24-25-23(28-31-24)19-8-4-3-5-9-19/h3-12,15,18H,13-14,16H2,1-2H3/t18-/m0/s1. The van der Waals surface area contributed by atoms with Crippen LogP contribution in [0.4, 0.5) is 11.5 Å². The first-order chi connectivity index (χ1) is 15.2. The number of rotatable bonds is 4. The number of hydrogen-bond donors (Lipinski definition) is 0. The van der Waals surface area contributed by atoms with Crippen molar-refractivity contribution in [2.75, 3.05) is 29.4 Å². The predicted octanol–water partition coefficient (Wildman–Crippen LogP) is 4.22. The average molecular weight is 412 g/mol. The van der Waals surface area contributed by atoms with Crippen molar-refractivity contribution < 1.29 is 4.52 Å². The molecule has 1 saturated heterocycles. The quantitative estimate of drug-likeness (QED) is 0.497. The molecule has 1 fully saturated rings. The van der Waals surface area contributed by atoms with Crippen molar-refractivity contribution in [3.63, 3.8) is 0 Å². The van der Waals surface area contributed by atoms with Gasteiger partial charge in [0.15, 0.2) is 11.5 Å². The molecule has 0 radical (unpaired) electrons. The maximum atomic E-state index is 5.40. The number of aromatic nitrogens is 4. The zero-order chi connectivity index (χ0) is 21.2. The molecule has 0 saturated carbocycles. The Morgan fingerprint density at radius 3 is 2.55 bits per heavy atom. The summed E-state index contributed by atoms with van der Waals surface area (Å²) in [5.41, 5.74) is 4.04. The zero-order valence-corrected chi connectivity index (χ0v) is 17.6. The third kappa shape index (κ3) is 3.99. The monoisotopic (exact) mass is 412 g/mol. The minimum Gasteiger partial charge on any atom is -0.365 e. The molecule has 0 bridgehead atoms. The largest absolute Gasteiger partial charge is 0.365 e. The Morgan fingerprint density at radius 1 is 0.935 bits per heavy atom. The highest BCUT2D eigenvalue weighted by molar-refractivity contribution is 5.58. The molecule has 0 amide bonds. The van der Waals surface area contributed by atoms with Crippen molar-refractivity contribution in [2.45, 2.75) is 19.9 Å². The van der Waals surface area contributed by atoms with E-state index in [-0.39, 0.29) is 0 Å². The van der Waals surface area contributed by atoms with Crippen LogP contribution in [0.15, 0.2) is 71.3 Å². The van der Waals surface area contributed by atoms with Gasteiger partial charge in [-0.2, -0.15) is 4.98 Å². The van der Waals surface area contributed by atoms with Crippen LogP contribution in [0.5, 0.6) is 0 Å². The van der Waals surface area contributed by atoms with Gasteiger partial charge in [-0.05, 0) is 43.7 Å². The van der Waals surface area contributed by atoms with E-state index in [1.54, 1.807) is 0 Å². The van der Waals surface area contributed by atoms with Gasteiger partial charge in [0.2, 0.25) is 5.82 Å². The van der Waals surface area contributed by atoms with Crippen molar-refractivity contribution in [3.05, 3.63) is 72.3 Å². The number of hydrogen-bond acceptors (Lipinski definition) is 7. The van der Waals surface area contributed by atoms with Crippen LogP contribution in [0.2, 0.25) is 0 Å². The number of benzene rings is 2. The summed E-state index contributed by atoms with van der Waals surface area (Å²) in [5.74, 6) is 1.78. The first-order valence-electron chi connectivity index (χ1n) is 10.5. The van der Waals surface area contributed by atoms with Gasteiger partial charge < -0.3 is 14.3 Å². The van der Waals surface area contributed by atoms with Gasteiger partial charge in [0.1, 0.15) is 0 Å². The minimum atomic E-state index is 0.371. The van der Waals surface area contributed by atoms with Crippen LogP contribution in [0, 0.1) is 6.92 Å². The van der Waals surface area contributed by atoms with E-state index in [4.69, 9.17) is 4.52 Å². The summed E-state index contributed by atoms with van der Waals surface area (Å²) in [5, 5.41) is 12.8. The lowest BCUT2D eigenvalue weighted by Crippen LogP contribution is -2.52. The SMILES string of the molecule is Cc1cccc(N2CCN(c3ccc(-c4nc(-c5ccccc5)no4)nn3)C[C@@H]2C)c1. The van der Waals surface area contributed by atoms with Crippen molar-refractivity contribution in [2.24, 2.45) is 0 Å². The smallest absolute Gasteiger partial charge is 0.278 e. The summed E-state index contributed by atoms with van der Waals surface area (Å²) in [6.45, 7) is 7.11. The van der Waals surface area contributed by atoms with E-state index in [9.17, 15) is 0 Å². The van der Waals surface area contributed by atoms with E-state index in [1.165, 1.54) is 11.3 Å². The lowest BCUT2D eigenvalue weighted by atomic mass is 10.1. The molecule has 0 N–H and O–H groups in total. The van der Waals surface area contributed by atoms with Crippen LogP contribution < -0.4 is 9.80 Å². The molecule has 5 rings (SSSR count). The van der Waals surface area contributed by atoms with E-state index < -0.39 is 0 Å². The highest BCUT2D eigenvalue weighted by Gasteiger charge is 2.25. The molecular weight excluding hydrogens is 388 g/mol. The summed E-state index contributed by atoms with van der Waals surface area (Å²) in [6, 6.07) is 22.7. The van der Waals surface area contributed by atoms with Gasteiger partial charge in [0.05, 0.1) is 0 Å². The molecule has 0 spiro atoms. The van der Waals surface area contributed by atoms with E-state index in [1.807, 2.05) is 42.5 Å². The normalized spacial score (nSPS) is 16.5. The third-order valence-corrected chi connectivity index (χ3v) is 5.61. The molecular formula is C24H24N6O. The summed E-state index contributed by atoms with van der Waals surface area (Å²) in [7, 11) is 0. The molecule has 1 aliphatic heterocycles. The third-order valence-electron chi connectivity index (χ3n) is 5.61.